The van der Waals surface area contributed by atoms with E-state index in [9.17, 15) is 94.3 Å². The normalized spacial score (nSPS) is 15.9. The second-order valence-electron chi connectivity index (χ2n) is 6.92. The van der Waals surface area contributed by atoms with Crippen LogP contribution >= 0.6 is 0 Å². The van der Waals surface area contributed by atoms with Crippen LogP contribution in [-0.2, 0) is 16.8 Å². The molecule has 3 N–H and O–H groups in total. The van der Waals surface area contributed by atoms with Crippen molar-refractivity contribution in [3.05, 3.63) is 34.9 Å². The standard InChI is InChI=1S/C15H6F18O3/c16-10(17,18)7(34,11(19,20)21)4-1-5(8(35,12(22,23)24)13(25,26)27)3-6(2-4)9(36,14(28,29)30)15(31,32)33/h1-3,34-36H. The van der Waals surface area contributed by atoms with Crippen LogP contribution < -0.4 is 0 Å². The minimum Gasteiger partial charge on any atom is -0.369 e. The summed E-state index contributed by atoms with van der Waals surface area (Å²) in [6.07, 6.45) is -43.6. The Morgan fingerprint density at radius 3 is 0.500 bits per heavy atom. The van der Waals surface area contributed by atoms with Crippen molar-refractivity contribution in [2.45, 2.75) is 53.9 Å². The molecule has 0 heterocycles. The molecule has 0 amide bonds. The van der Waals surface area contributed by atoms with Gasteiger partial charge in [0.1, 0.15) is 0 Å². The Kier molecular flexibility index (Phi) is 7.23. The van der Waals surface area contributed by atoms with E-state index in [1.165, 1.54) is 0 Å². The van der Waals surface area contributed by atoms with E-state index in [1.54, 1.807) is 0 Å². The van der Waals surface area contributed by atoms with Gasteiger partial charge in [0.15, 0.2) is 0 Å². The van der Waals surface area contributed by atoms with Crippen molar-refractivity contribution in [2.24, 2.45) is 0 Å². The predicted octanol–water partition coefficient (Wildman–Crippen LogP) is 5.62. The largest absolute Gasteiger partial charge is 0.430 e. The molecule has 1 rings (SSSR count). The number of hydrogen-bond donors (Lipinski definition) is 3. The monoisotopic (exact) mass is 576 g/mol. The van der Waals surface area contributed by atoms with Gasteiger partial charge >= 0.3 is 37.1 Å². The fraction of sp³-hybridized carbons (Fsp3) is 0.600. The lowest BCUT2D eigenvalue weighted by molar-refractivity contribution is -0.380. The molecule has 0 spiro atoms. The van der Waals surface area contributed by atoms with E-state index in [-0.39, 0.29) is 0 Å². The van der Waals surface area contributed by atoms with Crippen LogP contribution in [0.25, 0.3) is 0 Å². The summed E-state index contributed by atoms with van der Waals surface area (Å²) < 4.78 is 236. The highest BCUT2D eigenvalue weighted by atomic mass is 19.4. The van der Waals surface area contributed by atoms with Crippen molar-refractivity contribution in [2.75, 3.05) is 0 Å². The highest BCUT2D eigenvalue weighted by Gasteiger charge is 2.76. The summed E-state index contributed by atoms with van der Waals surface area (Å²) in [5, 5.41) is 27.6. The van der Waals surface area contributed by atoms with E-state index in [4.69, 9.17) is 0 Å². The summed E-state index contributed by atoms with van der Waals surface area (Å²) in [6, 6.07) is -4.84. The maximum absolute atomic E-state index is 13.1. The van der Waals surface area contributed by atoms with Crippen molar-refractivity contribution in [1.29, 1.82) is 0 Å². The first-order valence-corrected chi connectivity index (χ1v) is 8.05. The van der Waals surface area contributed by atoms with E-state index in [2.05, 4.69) is 0 Å². The first-order valence-electron chi connectivity index (χ1n) is 8.05. The van der Waals surface area contributed by atoms with Gasteiger partial charge in [-0.2, -0.15) is 79.0 Å². The second-order valence-corrected chi connectivity index (χ2v) is 6.92. The molecular formula is C15H6F18O3. The van der Waals surface area contributed by atoms with Gasteiger partial charge in [-0.15, -0.1) is 0 Å². The molecule has 1 aromatic carbocycles. The van der Waals surface area contributed by atoms with Gasteiger partial charge in [-0.1, -0.05) is 0 Å². The topological polar surface area (TPSA) is 60.7 Å². The maximum atomic E-state index is 13.1. The lowest BCUT2D eigenvalue weighted by Crippen LogP contribution is -2.57. The Morgan fingerprint density at radius 2 is 0.417 bits per heavy atom. The average Bonchev–Trinajstić information content (AvgIpc) is 2.59. The fourth-order valence-corrected chi connectivity index (χ4v) is 2.72. The molecule has 0 saturated heterocycles. The zero-order valence-corrected chi connectivity index (χ0v) is 15.9. The second kappa shape index (κ2) is 8.17. The SMILES string of the molecule is OC(c1cc(C(O)(C(F)(F)F)C(F)(F)F)cc(C(O)(C(F)(F)F)C(F)(F)F)c1)(C(F)(F)F)C(F)(F)F. The molecule has 0 bridgehead atoms. The molecule has 0 fully saturated rings. The Labute approximate surface area is 184 Å². The average molecular weight is 576 g/mol. The van der Waals surface area contributed by atoms with Crippen molar-refractivity contribution in [3.63, 3.8) is 0 Å². The van der Waals surface area contributed by atoms with Gasteiger partial charge in [0.2, 0.25) is 0 Å². The van der Waals surface area contributed by atoms with Crippen LogP contribution in [0.3, 0.4) is 0 Å². The minimum atomic E-state index is -7.26. The quantitative estimate of drug-likeness (QED) is 0.410. The van der Waals surface area contributed by atoms with Gasteiger partial charge in [0, 0.05) is 16.7 Å². The van der Waals surface area contributed by atoms with Crippen LogP contribution in [0.2, 0.25) is 0 Å². The summed E-state index contributed by atoms with van der Waals surface area (Å²) in [6.45, 7) is 0. The Balaban J connectivity index is 4.55. The predicted molar refractivity (Wildman–Crippen MR) is 74.5 cm³/mol. The first kappa shape index (κ1) is 31.9. The molecule has 0 aliphatic carbocycles. The number of halogens is 18. The smallest absolute Gasteiger partial charge is 0.369 e. The summed E-state index contributed by atoms with van der Waals surface area (Å²) in [4.78, 5) is 0. The summed E-state index contributed by atoms with van der Waals surface area (Å²) in [7, 11) is 0. The van der Waals surface area contributed by atoms with Gasteiger partial charge in [0.25, 0.3) is 16.8 Å². The van der Waals surface area contributed by atoms with Gasteiger partial charge in [-0.3, -0.25) is 0 Å². The molecule has 0 aromatic heterocycles. The van der Waals surface area contributed by atoms with Crippen LogP contribution in [0, 0.1) is 0 Å². The summed E-state index contributed by atoms with van der Waals surface area (Å²) >= 11 is 0. The third kappa shape index (κ3) is 4.52. The molecule has 3 nitrogen and oxygen atoms in total. The zero-order chi connectivity index (χ0) is 29.4. The molecule has 210 valence electrons. The number of rotatable bonds is 3. The number of aliphatic hydroxyl groups is 3. The van der Waals surface area contributed by atoms with E-state index in [1.807, 2.05) is 0 Å². The van der Waals surface area contributed by atoms with Crippen LogP contribution in [0.1, 0.15) is 16.7 Å². The fourth-order valence-electron chi connectivity index (χ4n) is 2.72. The Hall–Kier alpha value is -2.16. The minimum absolute atomic E-state index is 1.61. The number of benzene rings is 1. The third-order valence-corrected chi connectivity index (χ3v) is 4.65. The van der Waals surface area contributed by atoms with Crippen molar-refractivity contribution < 1.29 is 94.3 Å². The zero-order valence-electron chi connectivity index (χ0n) is 15.9. The van der Waals surface area contributed by atoms with Gasteiger partial charge < -0.3 is 15.3 Å². The summed E-state index contributed by atoms with van der Waals surface area (Å²) in [5.41, 5.74) is -30.7. The van der Waals surface area contributed by atoms with Gasteiger partial charge in [0.05, 0.1) is 0 Å². The lowest BCUT2D eigenvalue weighted by atomic mass is 9.80. The first-order chi connectivity index (χ1) is 15.3. The highest BCUT2D eigenvalue weighted by Crippen LogP contribution is 2.57. The Morgan fingerprint density at radius 1 is 0.306 bits per heavy atom. The van der Waals surface area contributed by atoms with E-state index in [0.717, 1.165) is 0 Å². The van der Waals surface area contributed by atoms with Crippen molar-refractivity contribution in [1.82, 2.24) is 0 Å². The number of hydrogen-bond acceptors (Lipinski definition) is 3. The molecule has 0 radical (unpaired) electrons. The lowest BCUT2D eigenvalue weighted by Gasteiger charge is -2.38. The molecular weight excluding hydrogens is 570 g/mol. The molecule has 36 heavy (non-hydrogen) atoms. The van der Waals surface area contributed by atoms with E-state index >= 15 is 0 Å². The van der Waals surface area contributed by atoms with E-state index in [0.29, 0.717) is 0 Å². The molecule has 0 unspecified atom stereocenters. The molecule has 0 aliphatic rings. The number of alkyl halides is 18. The molecule has 21 heteroatoms. The molecule has 0 atom stereocenters. The third-order valence-electron chi connectivity index (χ3n) is 4.65. The molecule has 0 saturated carbocycles. The summed E-state index contributed by atoms with van der Waals surface area (Å²) in [5.74, 6) is 0. The highest BCUT2D eigenvalue weighted by molar-refractivity contribution is 5.43. The Bertz CT molecular complexity index is 781. The molecule has 0 aliphatic heterocycles. The van der Waals surface area contributed by atoms with Gasteiger partial charge in [-0.25, -0.2) is 0 Å². The van der Waals surface area contributed by atoms with Crippen LogP contribution in [0.5, 0.6) is 0 Å². The maximum Gasteiger partial charge on any atom is 0.430 e. The van der Waals surface area contributed by atoms with Crippen molar-refractivity contribution >= 4 is 0 Å². The van der Waals surface area contributed by atoms with E-state index < -0.39 is 88.8 Å². The molecule has 1 aromatic rings. The van der Waals surface area contributed by atoms with Gasteiger partial charge in [-0.05, 0) is 18.2 Å². The van der Waals surface area contributed by atoms with Crippen LogP contribution in [-0.4, -0.2) is 52.4 Å². The van der Waals surface area contributed by atoms with Crippen molar-refractivity contribution in [3.8, 4) is 0 Å². The van der Waals surface area contributed by atoms with Crippen LogP contribution in [0.4, 0.5) is 79.0 Å². The van der Waals surface area contributed by atoms with Crippen LogP contribution in [0.15, 0.2) is 18.2 Å².